The fraction of sp³-hybridized carbons (Fsp3) is 0.611. The second-order valence-corrected chi connectivity index (χ2v) is 4.23. The van der Waals surface area contributed by atoms with E-state index < -0.39 is 0 Å². The fourth-order valence-corrected chi connectivity index (χ4v) is 1.96. The van der Waals surface area contributed by atoms with Crippen LogP contribution in [-0.4, -0.2) is 36.5 Å². The number of amides is 1. The number of carbonyl (C=O) groups excluding carboxylic acids is 1. The summed E-state index contributed by atoms with van der Waals surface area (Å²) in [6.07, 6.45) is 7.70. The highest BCUT2D eigenvalue weighted by Crippen LogP contribution is 2.11. The number of hydrogen-bond donors (Lipinski definition) is 1. The van der Waals surface area contributed by atoms with Crippen molar-refractivity contribution in [3.63, 3.8) is 0 Å². The molecule has 0 aromatic heterocycles. The zero-order chi connectivity index (χ0) is 16.7. The molecule has 0 radical (unpaired) electrons. The van der Waals surface area contributed by atoms with Gasteiger partial charge in [-0.1, -0.05) is 72.4 Å². The number of rotatable bonds is 6. The van der Waals surface area contributed by atoms with Crippen molar-refractivity contribution in [2.24, 2.45) is 0 Å². The number of piperazine rings is 1. The number of nitrogens with one attached hydrogen (secondary N) is 1. The van der Waals surface area contributed by atoms with E-state index in [9.17, 15) is 4.79 Å². The SMILES string of the molecule is C=C/C=C(\C=C)C1CN(CCCC)C(=O)CN1.CC.CC. The Morgan fingerprint density at radius 3 is 2.43 bits per heavy atom. The molecule has 21 heavy (non-hydrogen) atoms. The Kier molecular flexibility index (Phi) is 15.7. The predicted octanol–water partition coefficient (Wildman–Crippen LogP) is 3.94. The molecular formula is C18H34N2O. The zero-order valence-electron chi connectivity index (χ0n) is 14.6. The maximum atomic E-state index is 11.7. The van der Waals surface area contributed by atoms with Gasteiger partial charge in [0.05, 0.1) is 12.6 Å². The maximum absolute atomic E-state index is 11.7. The summed E-state index contributed by atoms with van der Waals surface area (Å²) in [6, 6.07) is 0.181. The third-order valence-electron chi connectivity index (χ3n) is 2.99. The summed E-state index contributed by atoms with van der Waals surface area (Å²) < 4.78 is 0. The molecule has 1 amide bonds. The van der Waals surface area contributed by atoms with E-state index >= 15 is 0 Å². The number of nitrogens with zero attached hydrogens (tertiary/aromatic N) is 1. The lowest BCUT2D eigenvalue weighted by atomic mass is 10.0. The number of allylic oxidation sites excluding steroid dienone is 2. The van der Waals surface area contributed by atoms with Crippen molar-refractivity contribution in [3.05, 3.63) is 37.0 Å². The molecule has 1 fully saturated rings. The molecule has 1 rings (SSSR count). The van der Waals surface area contributed by atoms with E-state index in [0.29, 0.717) is 6.54 Å². The molecule has 0 aromatic rings. The van der Waals surface area contributed by atoms with E-state index in [2.05, 4.69) is 25.4 Å². The average Bonchev–Trinajstić information content (AvgIpc) is 2.56. The molecule has 0 bridgehead atoms. The normalized spacial score (nSPS) is 18.0. The number of hydrogen-bond acceptors (Lipinski definition) is 2. The van der Waals surface area contributed by atoms with Gasteiger partial charge in [0.2, 0.25) is 5.91 Å². The van der Waals surface area contributed by atoms with Gasteiger partial charge in [-0.2, -0.15) is 0 Å². The molecule has 0 saturated carbocycles. The molecular weight excluding hydrogens is 260 g/mol. The zero-order valence-corrected chi connectivity index (χ0v) is 14.6. The predicted molar refractivity (Wildman–Crippen MR) is 94.5 cm³/mol. The van der Waals surface area contributed by atoms with E-state index in [0.717, 1.165) is 31.5 Å². The molecule has 3 heteroatoms. The van der Waals surface area contributed by atoms with Crippen LogP contribution in [-0.2, 0) is 4.79 Å². The van der Waals surface area contributed by atoms with E-state index in [1.807, 2.05) is 44.7 Å². The highest BCUT2D eigenvalue weighted by atomic mass is 16.2. The van der Waals surface area contributed by atoms with Crippen molar-refractivity contribution in [2.45, 2.75) is 53.5 Å². The Balaban J connectivity index is 0. The molecule has 1 aliphatic rings. The average molecular weight is 294 g/mol. The molecule has 0 spiro atoms. The van der Waals surface area contributed by atoms with E-state index in [4.69, 9.17) is 0 Å². The Morgan fingerprint density at radius 1 is 1.33 bits per heavy atom. The third kappa shape index (κ3) is 8.51. The van der Waals surface area contributed by atoms with Crippen LogP contribution in [0.25, 0.3) is 0 Å². The lowest BCUT2D eigenvalue weighted by molar-refractivity contribution is -0.132. The van der Waals surface area contributed by atoms with Gasteiger partial charge in [-0.15, -0.1) is 0 Å². The Bertz CT molecular complexity index is 321. The third-order valence-corrected chi connectivity index (χ3v) is 2.99. The smallest absolute Gasteiger partial charge is 0.236 e. The monoisotopic (exact) mass is 294 g/mol. The summed E-state index contributed by atoms with van der Waals surface area (Å²) in [5.41, 5.74) is 1.09. The summed E-state index contributed by atoms with van der Waals surface area (Å²) in [5, 5.41) is 3.23. The summed E-state index contributed by atoms with van der Waals surface area (Å²) in [7, 11) is 0. The summed E-state index contributed by atoms with van der Waals surface area (Å²) in [6.45, 7) is 19.6. The molecule has 122 valence electrons. The molecule has 1 aliphatic heterocycles. The number of carbonyl (C=O) groups is 1. The van der Waals surface area contributed by atoms with E-state index in [1.165, 1.54) is 0 Å². The Morgan fingerprint density at radius 2 is 1.95 bits per heavy atom. The van der Waals surface area contributed by atoms with Crippen LogP contribution in [0.5, 0.6) is 0 Å². The Hall–Kier alpha value is -1.35. The first-order valence-corrected chi connectivity index (χ1v) is 8.19. The number of unbranched alkanes of at least 4 members (excludes halogenated alkanes) is 1. The van der Waals surface area contributed by atoms with Crippen molar-refractivity contribution in [1.82, 2.24) is 10.2 Å². The second kappa shape index (κ2) is 15.0. The topological polar surface area (TPSA) is 32.3 Å². The summed E-state index contributed by atoms with van der Waals surface area (Å²) in [4.78, 5) is 13.6. The second-order valence-electron chi connectivity index (χ2n) is 4.23. The molecule has 0 aromatic carbocycles. The first kappa shape index (κ1) is 21.9. The molecule has 1 saturated heterocycles. The lowest BCUT2D eigenvalue weighted by Gasteiger charge is -2.34. The lowest BCUT2D eigenvalue weighted by Crippen LogP contribution is -2.54. The summed E-state index contributed by atoms with van der Waals surface area (Å²) >= 11 is 0. The minimum Gasteiger partial charge on any atom is -0.340 e. The molecule has 1 heterocycles. The van der Waals surface area contributed by atoms with Gasteiger partial charge in [0.1, 0.15) is 0 Å². The van der Waals surface area contributed by atoms with E-state index in [1.54, 1.807) is 6.08 Å². The molecule has 1 N–H and O–H groups in total. The maximum Gasteiger partial charge on any atom is 0.236 e. The largest absolute Gasteiger partial charge is 0.340 e. The minimum atomic E-state index is 0.181. The highest BCUT2D eigenvalue weighted by Gasteiger charge is 2.25. The van der Waals surface area contributed by atoms with Crippen molar-refractivity contribution < 1.29 is 4.79 Å². The standard InChI is InChI=1S/C14H22N2O.2C2H6/c1-4-7-9-16-11-13(15-10-14(16)17)12(6-3)8-5-2;2*1-2/h5-6,8,13,15H,2-4,7,9-11H2,1H3;2*1-2H3/b12-8+;;. The van der Waals surface area contributed by atoms with Gasteiger partial charge in [-0.05, 0) is 12.0 Å². The van der Waals surface area contributed by atoms with Crippen LogP contribution in [0.1, 0.15) is 47.5 Å². The fourth-order valence-electron chi connectivity index (χ4n) is 1.96. The van der Waals surface area contributed by atoms with Gasteiger partial charge in [0.25, 0.3) is 0 Å². The Labute approximate surface area is 131 Å². The molecule has 0 aliphatic carbocycles. The van der Waals surface area contributed by atoms with Crippen LogP contribution >= 0.6 is 0 Å². The first-order valence-electron chi connectivity index (χ1n) is 8.19. The first-order chi connectivity index (χ1) is 10.2. The molecule has 1 unspecified atom stereocenters. The van der Waals surface area contributed by atoms with Crippen molar-refractivity contribution in [2.75, 3.05) is 19.6 Å². The van der Waals surface area contributed by atoms with Gasteiger partial charge in [-0.25, -0.2) is 0 Å². The van der Waals surface area contributed by atoms with Gasteiger partial charge in [0, 0.05) is 13.1 Å². The van der Waals surface area contributed by atoms with Crippen LogP contribution in [0.15, 0.2) is 37.0 Å². The van der Waals surface area contributed by atoms with Crippen LogP contribution in [0.4, 0.5) is 0 Å². The summed E-state index contributed by atoms with van der Waals surface area (Å²) in [5.74, 6) is 0.191. The minimum absolute atomic E-state index is 0.181. The van der Waals surface area contributed by atoms with Gasteiger partial charge < -0.3 is 4.90 Å². The van der Waals surface area contributed by atoms with Crippen LogP contribution in [0.2, 0.25) is 0 Å². The van der Waals surface area contributed by atoms with Gasteiger partial charge in [0.15, 0.2) is 0 Å². The van der Waals surface area contributed by atoms with E-state index in [-0.39, 0.29) is 11.9 Å². The quantitative estimate of drug-likeness (QED) is 0.753. The molecule has 3 nitrogen and oxygen atoms in total. The van der Waals surface area contributed by atoms with Crippen molar-refractivity contribution in [3.8, 4) is 0 Å². The van der Waals surface area contributed by atoms with Gasteiger partial charge >= 0.3 is 0 Å². The van der Waals surface area contributed by atoms with Gasteiger partial charge in [-0.3, -0.25) is 10.1 Å². The highest BCUT2D eigenvalue weighted by molar-refractivity contribution is 5.79. The van der Waals surface area contributed by atoms with Crippen LogP contribution in [0.3, 0.4) is 0 Å². The molecule has 1 atom stereocenters. The van der Waals surface area contributed by atoms with Crippen molar-refractivity contribution in [1.29, 1.82) is 0 Å². The van der Waals surface area contributed by atoms with Crippen LogP contribution < -0.4 is 5.32 Å². The van der Waals surface area contributed by atoms with Crippen molar-refractivity contribution >= 4 is 5.91 Å². The van der Waals surface area contributed by atoms with Crippen LogP contribution in [0, 0.1) is 0 Å².